The van der Waals surface area contributed by atoms with E-state index in [0.29, 0.717) is 0 Å². The van der Waals surface area contributed by atoms with Gasteiger partial charge in [0.2, 0.25) is 0 Å². The third-order valence-electron chi connectivity index (χ3n) is 4.80. The summed E-state index contributed by atoms with van der Waals surface area (Å²) in [4.78, 5) is 0. The van der Waals surface area contributed by atoms with E-state index in [1.165, 1.54) is 90.0 Å². The lowest BCUT2D eigenvalue weighted by atomic mass is 9.83. The Morgan fingerprint density at radius 2 is 1.75 bits per heavy atom. The van der Waals surface area contributed by atoms with E-state index >= 15 is 0 Å². The molecular formula is C19H37N. The molecule has 0 aromatic rings. The molecule has 1 rings (SSSR count). The molecule has 1 fully saturated rings. The van der Waals surface area contributed by atoms with E-state index in [4.69, 9.17) is 0 Å². The van der Waals surface area contributed by atoms with E-state index in [1.807, 2.05) is 0 Å². The number of nitrogens with one attached hydrogen (secondary N) is 1. The van der Waals surface area contributed by atoms with Crippen LogP contribution in [-0.4, -0.2) is 12.6 Å². The lowest BCUT2D eigenvalue weighted by Gasteiger charge is -2.30. The van der Waals surface area contributed by atoms with Crippen LogP contribution in [0.3, 0.4) is 0 Å². The van der Waals surface area contributed by atoms with Gasteiger partial charge in [-0.15, -0.1) is 6.58 Å². The van der Waals surface area contributed by atoms with Gasteiger partial charge in [0.05, 0.1) is 0 Å². The van der Waals surface area contributed by atoms with Crippen molar-refractivity contribution in [3.05, 3.63) is 12.7 Å². The van der Waals surface area contributed by atoms with Crippen molar-refractivity contribution in [1.82, 2.24) is 5.32 Å². The molecule has 1 aliphatic rings. The third-order valence-corrected chi connectivity index (χ3v) is 4.80. The summed E-state index contributed by atoms with van der Waals surface area (Å²) in [7, 11) is 0. The van der Waals surface area contributed by atoms with Crippen molar-refractivity contribution in [2.75, 3.05) is 6.54 Å². The molecule has 1 N–H and O–H groups in total. The minimum atomic E-state index is 0.789. The summed E-state index contributed by atoms with van der Waals surface area (Å²) in [6.07, 6.45) is 20.3. The highest BCUT2D eigenvalue weighted by Crippen LogP contribution is 2.27. The van der Waals surface area contributed by atoms with Crippen LogP contribution >= 0.6 is 0 Å². The highest BCUT2D eigenvalue weighted by molar-refractivity contribution is 4.78. The fraction of sp³-hybridized carbons (Fsp3) is 0.895. The minimum absolute atomic E-state index is 0.789. The number of hydrogen-bond donors (Lipinski definition) is 1. The van der Waals surface area contributed by atoms with Crippen LogP contribution in [0.15, 0.2) is 12.7 Å². The second-order valence-corrected chi connectivity index (χ2v) is 6.59. The Morgan fingerprint density at radius 3 is 2.40 bits per heavy atom. The van der Waals surface area contributed by atoms with Crippen LogP contribution in [0.2, 0.25) is 0 Å². The molecule has 0 amide bonds. The molecule has 0 bridgehead atoms. The van der Waals surface area contributed by atoms with Gasteiger partial charge in [-0.1, -0.05) is 57.9 Å². The Kier molecular flexibility index (Phi) is 11.0. The normalized spacial score (nSPS) is 19.2. The van der Waals surface area contributed by atoms with Gasteiger partial charge < -0.3 is 5.32 Å². The summed E-state index contributed by atoms with van der Waals surface area (Å²) in [6, 6.07) is 0.789. The Bertz CT molecular complexity index is 216. The average molecular weight is 280 g/mol. The van der Waals surface area contributed by atoms with Gasteiger partial charge in [0.1, 0.15) is 0 Å². The maximum atomic E-state index is 3.86. The van der Waals surface area contributed by atoms with Gasteiger partial charge >= 0.3 is 0 Å². The number of hydrogen-bond acceptors (Lipinski definition) is 1. The molecule has 0 aliphatic heterocycles. The average Bonchev–Trinajstić information content (AvgIpc) is 2.42. The first-order chi connectivity index (χ1) is 9.88. The molecule has 0 radical (unpaired) electrons. The molecule has 1 atom stereocenters. The number of allylic oxidation sites excluding steroid dienone is 1. The monoisotopic (exact) mass is 279 g/mol. The Labute approximate surface area is 127 Å². The van der Waals surface area contributed by atoms with Crippen LogP contribution in [0.1, 0.15) is 90.4 Å². The van der Waals surface area contributed by atoms with E-state index < -0.39 is 0 Å². The van der Waals surface area contributed by atoms with Crippen molar-refractivity contribution in [3.8, 4) is 0 Å². The molecule has 1 nitrogen and oxygen atoms in total. The molecule has 1 saturated carbocycles. The van der Waals surface area contributed by atoms with Gasteiger partial charge in [-0.2, -0.15) is 0 Å². The van der Waals surface area contributed by atoms with Crippen LogP contribution in [0.5, 0.6) is 0 Å². The summed E-state index contributed by atoms with van der Waals surface area (Å²) in [5, 5.41) is 3.86. The Hall–Kier alpha value is -0.300. The van der Waals surface area contributed by atoms with E-state index in [1.54, 1.807) is 0 Å². The molecular weight excluding hydrogens is 242 g/mol. The first-order valence-electron chi connectivity index (χ1n) is 9.22. The summed E-state index contributed by atoms with van der Waals surface area (Å²) in [6.45, 7) is 7.30. The fourth-order valence-electron chi connectivity index (χ4n) is 3.55. The Balaban J connectivity index is 2.33. The van der Waals surface area contributed by atoms with Crippen molar-refractivity contribution in [2.45, 2.75) is 96.4 Å². The Morgan fingerprint density at radius 1 is 1.05 bits per heavy atom. The van der Waals surface area contributed by atoms with Crippen molar-refractivity contribution in [1.29, 1.82) is 0 Å². The first kappa shape index (κ1) is 17.8. The van der Waals surface area contributed by atoms with E-state index in [2.05, 4.69) is 24.9 Å². The predicted molar refractivity (Wildman–Crippen MR) is 91.2 cm³/mol. The smallest absolute Gasteiger partial charge is 0.00953 e. The molecule has 1 unspecified atom stereocenters. The van der Waals surface area contributed by atoms with Gasteiger partial charge in [-0.05, 0) is 51.0 Å². The zero-order valence-electron chi connectivity index (χ0n) is 13.8. The molecule has 0 spiro atoms. The van der Waals surface area contributed by atoms with Gasteiger partial charge in [0.25, 0.3) is 0 Å². The summed E-state index contributed by atoms with van der Waals surface area (Å²) >= 11 is 0. The van der Waals surface area contributed by atoms with Gasteiger partial charge in [0.15, 0.2) is 0 Å². The van der Waals surface area contributed by atoms with Crippen molar-refractivity contribution < 1.29 is 0 Å². The lowest BCUT2D eigenvalue weighted by molar-refractivity contribution is 0.268. The molecule has 0 aromatic carbocycles. The second-order valence-electron chi connectivity index (χ2n) is 6.59. The zero-order valence-corrected chi connectivity index (χ0v) is 13.8. The molecule has 1 aliphatic carbocycles. The van der Waals surface area contributed by atoms with Crippen molar-refractivity contribution >= 4 is 0 Å². The van der Waals surface area contributed by atoms with Crippen molar-refractivity contribution in [2.24, 2.45) is 5.92 Å². The van der Waals surface area contributed by atoms with Gasteiger partial charge in [-0.25, -0.2) is 0 Å². The molecule has 0 aromatic heterocycles. The molecule has 0 heterocycles. The standard InChI is InChI=1S/C19H37N/c1-3-5-6-8-13-16-19(20-17-4-2)18-14-11-9-7-10-12-15-18/h3,18-20H,1,4-17H2,2H3. The van der Waals surface area contributed by atoms with Crippen LogP contribution in [0.25, 0.3) is 0 Å². The maximum absolute atomic E-state index is 3.86. The topological polar surface area (TPSA) is 12.0 Å². The minimum Gasteiger partial charge on any atom is -0.314 e. The van der Waals surface area contributed by atoms with Crippen molar-refractivity contribution in [3.63, 3.8) is 0 Å². The van der Waals surface area contributed by atoms with Crippen LogP contribution in [0.4, 0.5) is 0 Å². The van der Waals surface area contributed by atoms with Crippen LogP contribution < -0.4 is 5.32 Å². The summed E-state index contributed by atoms with van der Waals surface area (Å²) in [5.41, 5.74) is 0. The second kappa shape index (κ2) is 12.4. The van der Waals surface area contributed by atoms with E-state index in [-0.39, 0.29) is 0 Å². The molecule has 0 saturated heterocycles. The highest BCUT2D eigenvalue weighted by atomic mass is 14.9. The lowest BCUT2D eigenvalue weighted by Crippen LogP contribution is -2.37. The third kappa shape index (κ3) is 8.09. The summed E-state index contributed by atoms with van der Waals surface area (Å²) < 4.78 is 0. The molecule has 118 valence electrons. The van der Waals surface area contributed by atoms with Gasteiger partial charge in [-0.3, -0.25) is 0 Å². The SMILES string of the molecule is C=CCCCCCC(NCCC)C1CCCCCCC1. The number of unbranched alkanes of at least 4 members (excludes halogenated alkanes) is 3. The fourth-order valence-corrected chi connectivity index (χ4v) is 3.55. The van der Waals surface area contributed by atoms with E-state index in [0.717, 1.165) is 12.0 Å². The maximum Gasteiger partial charge on any atom is 0.00953 e. The quantitative estimate of drug-likeness (QED) is 0.390. The zero-order chi connectivity index (χ0) is 14.5. The largest absolute Gasteiger partial charge is 0.314 e. The van der Waals surface area contributed by atoms with Gasteiger partial charge in [0, 0.05) is 6.04 Å². The van der Waals surface area contributed by atoms with Crippen LogP contribution in [0, 0.1) is 5.92 Å². The number of rotatable bonds is 10. The van der Waals surface area contributed by atoms with Crippen LogP contribution in [-0.2, 0) is 0 Å². The molecule has 1 heteroatoms. The highest BCUT2D eigenvalue weighted by Gasteiger charge is 2.21. The van der Waals surface area contributed by atoms with E-state index in [9.17, 15) is 0 Å². The summed E-state index contributed by atoms with van der Waals surface area (Å²) in [5.74, 6) is 0.946. The first-order valence-corrected chi connectivity index (χ1v) is 9.22. The predicted octanol–water partition coefficient (Wildman–Crippen LogP) is 5.85. The molecule has 20 heavy (non-hydrogen) atoms.